The van der Waals surface area contributed by atoms with Gasteiger partial charge in [-0.2, -0.15) is 5.48 Å². The minimum atomic E-state index is -0.287. The van der Waals surface area contributed by atoms with Gasteiger partial charge < -0.3 is 0 Å². The molecule has 0 aliphatic rings. The summed E-state index contributed by atoms with van der Waals surface area (Å²) in [7, 11) is 0. The molecule has 0 aliphatic heterocycles. The third-order valence-electron chi connectivity index (χ3n) is 4.17. The topological polar surface area (TPSA) is 59.6 Å². The van der Waals surface area contributed by atoms with E-state index in [1.165, 1.54) is 0 Å². The summed E-state index contributed by atoms with van der Waals surface area (Å²) in [4.78, 5) is 23.3. The van der Waals surface area contributed by atoms with E-state index in [9.17, 15) is 4.79 Å². The van der Waals surface area contributed by atoms with Crippen LogP contribution in [0.25, 0.3) is 0 Å². The van der Waals surface area contributed by atoms with Crippen LogP contribution in [0.3, 0.4) is 0 Å². The van der Waals surface area contributed by atoms with Gasteiger partial charge in [0.15, 0.2) is 0 Å². The van der Waals surface area contributed by atoms with Gasteiger partial charge in [-0.3, -0.25) is 14.5 Å². The van der Waals surface area contributed by atoms with E-state index in [1.54, 1.807) is 0 Å². The minimum absolute atomic E-state index is 0.188. The Morgan fingerprint density at radius 1 is 0.714 bits per heavy atom. The molecule has 3 aromatic carbocycles. The number of carbonyl (C=O) groups excluding carboxylic acids is 1. The number of nitrogens with one attached hydrogen (secondary N) is 2. The third-order valence-corrected chi connectivity index (χ3v) is 4.17. The van der Waals surface area contributed by atoms with Gasteiger partial charge in [0.25, 0.3) is 0 Å². The maximum absolute atomic E-state index is 12.3. The van der Waals surface area contributed by atoms with Gasteiger partial charge in [0.05, 0.1) is 25.7 Å². The molecule has 1 atom stereocenters. The summed E-state index contributed by atoms with van der Waals surface area (Å²) in [5.74, 6) is -0.222. The first-order valence-electron chi connectivity index (χ1n) is 9.22. The molecule has 2 N–H and O–H groups in total. The number of hydroxylamine groups is 2. The first-order valence-corrected chi connectivity index (χ1v) is 9.22. The van der Waals surface area contributed by atoms with Crippen molar-refractivity contribution in [3.8, 4) is 0 Å². The average Bonchev–Trinajstić information content (AvgIpc) is 2.75. The van der Waals surface area contributed by atoms with Gasteiger partial charge in [0.2, 0.25) is 5.91 Å². The second-order valence-electron chi connectivity index (χ2n) is 6.36. The molecular weight excluding hydrogens is 352 g/mol. The maximum atomic E-state index is 12.3. The van der Waals surface area contributed by atoms with E-state index in [0.717, 1.165) is 16.7 Å². The normalized spacial score (nSPS) is 11.7. The monoisotopic (exact) mass is 376 g/mol. The van der Waals surface area contributed by atoms with Crippen LogP contribution in [0.15, 0.2) is 91.0 Å². The minimum Gasteiger partial charge on any atom is -0.296 e. The fourth-order valence-electron chi connectivity index (χ4n) is 2.71. The fourth-order valence-corrected chi connectivity index (χ4v) is 2.71. The molecule has 5 heteroatoms. The molecule has 1 unspecified atom stereocenters. The van der Waals surface area contributed by atoms with Crippen LogP contribution in [-0.2, 0) is 27.7 Å². The lowest BCUT2D eigenvalue weighted by atomic mass is 10.0. The largest absolute Gasteiger partial charge is 0.296 e. The quantitative estimate of drug-likeness (QED) is 0.523. The summed E-state index contributed by atoms with van der Waals surface area (Å²) >= 11 is 0. The summed E-state index contributed by atoms with van der Waals surface area (Å²) < 4.78 is 0. The van der Waals surface area contributed by atoms with Crippen LogP contribution < -0.4 is 11.0 Å². The Morgan fingerprint density at radius 3 is 1.79 bits per heavy atom. The standard InChI is InChI=1S/C23H24N2O3/c26-23(25-28-18-20-12-6-2-7-13-20)16-22(21-14-8-3-9-15-21)24-27-17-19-10-4-1-5-11-19/h1-15,22,24H,16-18H2,(H,25,26). The van der Waals surface area contributed by atoms with E-state index in [2.05, 4.69) is 11.0 Å². The van der Waals surface area contributed by atoms with E-state index < -0.39 is 0 Å². The van der Waals surface area contributed by atoms with Crippen molar-refractivity contribution in [2.75, 3.05) is 0 Å². The van der Waals surface area contributed by atoms with E-state index in [0.29, 0.717) is 13.2 Å². The molecule has 0 aromatic heterocycles. The average molecular weight is 376 g/mol. The van der Waals surface area contributed by atoms with Crippen molar-refractivity contribution < 1.29 is 14.5 Å². The Morgan fingerprint density at radius 2 is 1.21 bits per heavy atom. The van der Waals surface area contributed by atoms with Crippen molar-refractivity contribution in [1.29, 1.82) is 0 Å². The second-order valence-corrected chi connectivity index (χ2v) is 6.36. The van der Waals surface area contributed by atoms with Crippen molar-refractivity contribution in [2.45, 2.75) is 25.7 Å². The van der Waals surface area contributed by atoms with Gasteiger partial charge in [-0.05, 0) is 16.7 Å². The second kappa shape index (κ2) is 11.0. The van der Waals surface area contributed by atoms with Crippen molar-refractivity contribution >= 4 is 5.91 Å². The number of hydrogen-bond donors (Lipinski definition) is 2. The molecule has 0 saturated heterocycles. The smallest absolute Gasteiger partial charge is 0.245 e. The van der Waals surface area contributed by atoms with Crippen LogP contribution in [-0.4, -0.2) is 5.91 Å². The van der Waals surface area contributed by atoms with Crippen LogP contribution in [0.5, 0.6) is 0 Å². The molecular formula is C23H24N2O3. The Hall–Kier alpha value is -2.99. The predicted octanol–water partition coefficient (Wildman–Crippen LogP) is 4.09. The van der Waals surface area contributed by atoms with Gasteiger partial charge in [0.1, 0.15) is 0 Å². The Kier molecular flexibility index (Phi) is 7.76. The van der Waals surface area contributed by atoms with Crippen LogP contribution in [0.2, 0.25) is 0 Å². The lowest BCUT2D eigenvalue weighted by Gasteiger charge is -2.18. The molecule has 0 saturated carbocycles. The SMILES string of the molecule is O=C(CC(NOCc1ccccc1)c1ccccc1)NOCc1ccccc1. The highest BCUT2D eigenvalue weighted by atomic mass is 16.7. The molecule has 0 radical (unpaired) electrons. The number of hydrogen-bond acceptors (Lipinski definition) is 4. The summed E-state index contributed by atoms with van der Waals surface area (Å²) in [5, 5.41) is 0. The highest BCUT2D eigenvalue weighted by molar-refractivity contribution is 5.75. The first-order chi connectivity index (χ1) is 13.8. The van der Waals surface area contributed by atoms with Crippen molar-refractivity contribution in [1.82, 2.24) is 11.0 Å². The molecule has 144 valence electrons. The summed E-state index contributed by atoms with van der Waals surface area (Å²) in [5.41, 5.74) is 8.52. The maximum Gasteiger partial charge on any atom is 0.245 e. The zero-order valence-electron chi connectivity index (χ0n) is 15.6. The van der Waals surface area contributed by atoms with Crippen LogP contribution in [0, 0.1) is 0 Å². The fraction of sp³-hybridized carbons (Fsp3) is 0.174. The molecule has 0 heterocycles. The highest BCUT2D eigenvalue weighted by Crippen LogP contribution is 2.17. The predicted molar refractivity (Wildman–Crippen MR) is 108 cm³/mol. The van der Waals surface area contributed by atoms with Crippen LogP contribution >= 0.6 is 0 Å². The molecule has 0 fully saturated rings. The molecule has 3 aromatic rings. The van der Waals surface area contributed by atoms with Gasteiger partial charge in [-0.25, -0.2) is 5.48 Å². The molecule has 3 rings (SSSR count). The third kappa shape index (κ3) is 6.63. The van der Waals surface area contributed by atoms with Gasteiger partial charge in [-0.1, -0.05) is 91.0 Å². The molecule has 0 aliphatic carbocycles. The van der Waals surface area contributed by atoms with Gasteiger partial charge in [0, 0.05) is 0 Å². The lowest BCUT2D eigenvalue weighted by molar-refractivity contribution is -0.136. The molecule has 28 heavy (non-hydrogen) atoms. The Balaban J connectivity index is 1.50. The Labute approximate surface area is 165 Å². The highest BCUT2D eigenvalue weighted by Gasteiger charge is 2.16. The van der Waals surface area contributed by atoms with Crippen molar-refractivity contribution in [3.05, 3.63) is 108 Å². The number of benzene rings is 3. The molecule has 5 nitrogen and oxygen atoms in total. The van der Waals surface area contributed by atoms with Gasteiger partial charge >= 0.3 is 0 Å². The van der Waals surface area contributed by atoms with Crippen molar-refractivity contribution in [3.63, 3.8) is 0 Å². The molecule has 1 amide bonds. The van der Waals surface area contributed by atoms with Crippen LogP contribution in [0.1, 0.15) is 29.2 Å². The van der Waals surface area contributed by atoms with Gasteiger partial charge in [-0.15, -0.1) is 0 Å². The summed E-state index contributed by atoms with van der Waals surface area (Å²) in [6.07, 6.45) is 0.188. The summed E-state index contributed by atoms with van der Waals surface area (Å²) in [6.45, 7) is 0.733. The van der Waals surface area contributed by atoms with E-state index >= 15 is 0 Å². The number of rotatable bonds is 10. The van der Waals surface area contributed by atoms with Crippen LogP contribution in [0.4, 0.5) is 0 Å². The number of amides is 1. The zero-order valence-corrected chi connectivity index (χ0v) is 15.6. The van der Waals surface area contributed by atoms with E-state index in [-0.39, 0.29) is 18.4 Å². The van der Waals surface area contributed by atoms with Crippen molar-refractivity contribution in [2.24, 2.45) is 0 Å². The first kappa shape index (κ1) is 19.8. The number of carbonyl (C=O) groups is 1. The van der Waals surface area contributed by atoms with E-state index in [4.69, 9.17) is 9.68 Å². The molecule has 0 spiro atoms. The lowest BCUT2D eigenvalue weighted by Crippen LogP contribution is -2.30. The molecule has 0 bridgehead atoms. The summed E-state index contributed by atoms with van der Waals surface area (Å²) in [6, 6.07) is 29.0. The zero-order chi connectivity index (χ0) is 19.4. The Bertz CT molecular complexity index is 826. The van der Waals surface area contributed by atoms with E-state index in [1.807, 2.05) is 91.0 Å².